The van der Waals surface area contributed by atoms with Crippen molar-refractivity contribution in [2.24, 2.45) is 0 Å². The van der Waals surface area contributed by atoms with E-state index >= 15 is 0 Å². The summed E-state index contributed by atoms with van der Waals surface area (Å²) in [6.07, 6.45) is 3.13. The van der Waals surface area contributed by atoms with Gasteiger partial charge in [0.1, 0.15) is 0 Å². The molecule has 0 heterocycles. The number of hydrogen-bond acceptors (Lipinski definition) is 3. The SMILES string of the molecule is CCc1cc(/C=C/C(=O)O)ccc1NS(=O)(=O)N(C)C. The van der Waals surface area contributed by atoms with Crippen LogP contribution < -0.4 is 4.72 Å². The standard InChI is InChI=1S/C13H18N2O4S/c1-4-11-9-10(6-8-13(16)17)5-7-12(11)14-20(18,19)15(2)3/h5-9,14H,4H2,1-3H3,(H,16,17)/b8-6+. The van der Waals surface area contributed by atoms with Crippen LogP contribution in [0.1, 0.15) is 18.1 Å². The Morgan fingerprint density at radius 1 is 1.40 bits per heavy atom. The highest BCUT2D eigenvalue weighted by molar-refractivity contribution is 7.90. The lowest BCUT2D eigenvalue weighted by Crippen LogP contribution is -2.29. The van der Waals surface area contributed by atoms with Gasteiger partial charge < -0.3 is 5.11 Å². The Morgan fingerprint density at radius 2 is 2.05 bits per heavy atom. The minimum Gasteiger partial charge on any atom is -0.478 e. The summed E-state index contributed by atoms with van der Waals surface area (Å²) >= 11 is 0. The molecular formula is C13H18N2O4S. The second kappa shape index (κ2) is 6.53. The average Bonchev–Trinajstić information content (AvgIpc) is 2.36. The second-order valence-corrected chi connectivity index (χ2v) is 6.22. The van der Waals surface area contributed by atoms with Gasteiger partial charge in [0.25, 0.3) is 0 Å². The lowest BCUT2D eigenvalue weighted by atomic mass is 10.1. The van der Waals surface area contributed by atoms with Crippen molar-refractivity contribution in [3.8, 4) is 0 Å². The number of aryl methyl sites for hydroxylation is 1. The second-order valence-electron chi connectivity index (χ2n) is 4.33. The van der Waals surface area contributed by atoms with Gasteiger partial charge in [-0.2, -0.15) is 12.7 Å². The van der Waals surface area contributed by atoms with Crippen LogP contribution in [0.5, 0.6) is 0 Å². The van der Waals surface area contributed by atoms with E-state index in [1.165, 1.54) is 20.2 Å². The lowest BCUT2D eigenvalue weighted by Gasteiger charge is -2.16. The summed E-state index contributed by atoms with van der Waals surface area (Å²) in [6, 6.07) is 5.04. The van der Waals surface area contributed by atoms with Crippen molar-refractivity contribution in [3.05, 3.63) is 35.4 Å². The van der Waals surface area contributed by atoms with Crippen molar-refractivity contribution in [3.63, 3.8) is 0 Å². The molecule has 2 N–H and O–H groups in total. The maximum absolute atomic E-state index is 11.8. The first-order valence-electron chi connectivity index (χ1n) is 6.00. The Bertz CT molecular complexity index is 621. The Balaban J connectivity index is 3.09. The van der Waals surface area contributed by atoms with E-state index in [1.807, 2.05) is 6.92 Å². The molecule has 0 saturated carbocycles. The number of hydrogen-bond donors (Lipinski definition) is 2. The zero-order valence-corrected chi connectivity index (χ0v) is 12.4. The summed E-state index contributed by atoms with van der Waals surface area (Å²) in [7, 11) is -0.666. The van der Waals surface area contributed by atoms with Crippen molar-refractivity contribution in [2.75, 3.05) is 18.8 Å². The molecular weight excluding hydrogens is 280 g/mol. The number of rotatable bonds is 6. The summed E-state index contributed by atoms with van der Waals surface area (Å²) < 4.78 is 27.2. The molecule has 0 amide bonds. The van der Waals surface area contributed by atoms with Crippen LogP contribution in [0.15, 0.2) is 24.3 Å². The van der Waals surface area contributed by atoms with Crippen molar-refractivity contribution in [1.82, 2.24) is 4.31 Å². The first-order valence-corrected chi connectivity index (χ1v) is 7.44. The molecule has 0 bridgehead atoms. The first kappa shape index (κ1) is 16.2. The Kier molecular flexibility index (Phi) is 5.29. The quantitative estimate of drug-likeness (QED) is 0.780. The minimum absolute atomic E-state index is 0.494. The van der Waals surface area contributed by atoms with E-state index in [2.05, 4.69) is 4.72 Å². The number of anilines is 1. The van der Waals surface area contributed by atoms with Gasteiger partial charge in [-0.15, -0.1) is 0 Å². The Morgan fingerprint density at radius 3 is 2.55 bits per heavy atom. The number of carboxylic acid groups (broad SMARTS) is 1. The highest BCUT2D eigenvalue weighted by Gasteiger charge is 2.14. The summed E-state index contributed by atoms with van der Waals surface area (Å²) in [6.45, 7) is 1.90. The molecule has 1 aromatic carbocycles. The number of carboxylic acids is 1. The van der Waals surface area contributed by atoms with E-state index in [1.54, 1.807) is 18.2 Å². The van der Waals surface area contributed by atoms with Gasteiger partial charge >= 0.3 is 16.2 Å². The predicted molar refractivity (Wildman–Crippen MR) is 78.7 cm³/mol. The fraction of sp³-hybridized carbons (Fsp3) is 0.308. The maximum Gasteiger partial charge on any atom is 0.328 e. The zero-order chi connectivity index (χ0) is 15.3. The van der Waals surface area contributed by atoms with Gasteiger partial charge in [-0.25, -0.2) is 4.79 Å². The fourth-order valence-corrected chi connectivity index (χ4v) is 2.17. The van der Waals surface area contributed by atoms with Crippen LogP contribution in [0.3, 0.4) is 0 Å². The third-order valence-corrected chi connectivity index (χ3v) is 4.09. The summed E-state index contributed by atoms with van der Waals surface area (Å²) in [5, 5.41) is 8.59. The monoisotopic (exact) mass is 298 g/mol. The van der Waals surface area contributed by atoms with Crippen LogP contribution in [0.2, 0.25) is 0 Å². The molecule has 0 spiro atoms. The molecule has 6 nitrogen and oxygen atoms in total. The molecule has 0 radical (unpaired) electrons. The molecule has 110 valence electrons. The van der Waals surface area contributed by atoms with Crippen LogP contribution in [0.25, 0.3) is 6.08 Å². The largest absolute Gasteiger partial charge is 0.478 e. The highest BCUT2D eigenvalue weighted by atomic mass is 32.2. The molecule has 0 aliphatic carbocycles. The maximum atomic E-state index is 11.8. The van der Waals surface area contributed by atoms with E-state index in [9.17, 15) is 13.2 Å². The normalized spacial score (nSPS) is 12.0. The van der Waals surface area contributed by atoms with E-state index in [-0.39, 0.29) is 0 Å². The molecule has 0 fully saturated rings. The first-order chi connectivity index (χ1) is 9.26. The Labute approximate surface area is 118 Å². The van der Waals surface area contributed by atoms with E-state index in [4.69, 9.17) is 5.11 Å². The van der Waals surface area contributed by atoms with Gasteiger partial charge in [-0.1, -0.05) is 13.0 Å². The average molecular weight is 298 g/mol. The number of aliphatic carboxylic acids is 1. The molecule has 0 saturated heterocycles. The summed E-state index contributed by atoms with van der Waals surface area (Å²) in [4.78, 5) is 10.5. The predicted octanol–water partition coefficient (Wildman–Crippen LogP) is 1.57. The third-order valence-electron chi connectivity index (χ3n) is 2.65. The molecule has 0 unspecified atom stereocenters. The van der Waals surface area contributed by atoms with Crippen molar-refractivity contribution in [2.45, 2.75) is 13.3 Å². The minimum atomic E-state index is -3.55. The molecule has 1 aromatic rings. The van der Waals surface area contributed by atoms with Crippen LogP contribution in [0.4, 0.5) is 5.69 Å². The highest BCUT2D eigenvalue weighted by Crippen LogP contribution is 2.20. The zero-order valence-electron chi connectivity index (χ0n) is 11.6. The number of carbonyl (C=O) groups is 1. The van der Waals surface area contributed by atoms with Crippen molar-refractivity contribution >= 4 is 27.9 Å². The topological polar surface area (TPSA) is 86.7 Å². The summed E-state index contributed by atoms with van der Waals surface area (Å²) in [5.41, 5.74) is 1.99. The summed E-state index contributed by atoms with van der Waals surface area (Å²) in [5.74, 6) is -1.03. The smallest absolute Gasteiger partial charge is 0.328 e. The van der Waals surface area contributed by atoms with Gasteiger partial charge in [0.05, 0.1) is 5.69 Å². The van der Waals surface area contributed by atoms with Crippen molar-refractivity contribution < 1.29 is 18.3 Å². The van der Waals surface area contributed by atoms with Crippen LogP contribution in [-0.4, -0.2) is 37.9 Å². The van der Waals surface area contributed by atoms with Gasteiger partial charge in [0, 0.05) is 20.2 Å². The lowest BCUT2D eigenvalue weighted by molar-refractivity contribution is -0.131. The van der Waals surface area contributed by atoms with Crippen LogP contribution >= 0.6 is 0 Å². The molecule has 0 aliphatic rings. The third kappa shape index (κ3) is 4.36. The van der Waals surface area contributed by atoms with Crippen LogP contribution in [-0.2, 0) is 21.4 Å². The number of nitrogens with zero attached hydrogens (tertiary/aromatic N) is 1. The molecule has 1 rings (SSSR count). The van der Waals surface area contributed by atoms with Gasteiger partial charge in [-0.3, -0.25) is 4.72 Å². The molecule has 20 heavy (non-hydrogen) atoms. The van der Waals surface area contributed by atoms with Gasteiger partial charge in [-0.05, 0) is 35.8 Å². The van der Waals surface area contributed by atoms with E-state index in [0.717, 1.165) is 15.9 Å². The number of benzene rings is 1. The van der Waals surface area contributed by atoms with E-state index in [0.29, 0.717) is 17.7 Å². The van der Waals surface area contributed by atoms with Crippen molar-refractivity contribution in [1.29, 1.82) is 0 Å². The molecule has 7 heteroatoms. The fourth-order valence-electron chi connectivity index (χ4n) is 1.51. The molecule has 0 aromatic heterocycles. The van der Waals surface area contributed by atoms with E-state index < -0.39 is 16.2 Å². The Hall–Kier alpha value is -1.86. The van der Waals surface area contributed by atoms with Gasteiger partial charge in [0.2, 0.25) is 0 Å². The molecule has 0 aliphatic heterocycles. The van der Waals surface area contributed by atoms with Crippen LogP contribution in [0, 0.1) is 0 Å². The van der Waals surface area contributed by atoms with Gasteiger partial charge in [0.15, 0.2) is 0 Å². The molecule has 0 atom stereocenters. The number of nitrogens with one attached hydrogen (secondary N) is 1.